The molecule has 24 heavy (non-hydrogen) atoms. The molecule has 0 atom stereocenters. The third-order valence-electron chi connectivity index (χ3n) is 4.28. The Morgan fingerprint density at radius 3 is 2.67 bits per heavy atom. The van der Waals surface area contributed by atoms with Crippen LogP contribution in [-0.4, -0.2) is 39.7 Å². The molecule has 0 radical (unpaired) electrons. The molecule has 0 aliphatic carbocycles. The van der Waals surface area contributed by atoms with Crippen LogP contribution in [0.15, 0.2) is 36.8 Å². The van der Waals surface area contributed by atoms with Gasteiger partial charge in [0.2, 0.25) is 5.60 Å². The molecule has 126 valence electrons. The first-order valence-corrected chi connectivity index (χ1v) is 7.70. The van der Waals surface area contributed by atoms with Gasteiger partial charge in [0.25, 0.3) is 0 Å². The summed E-state index contributed by atoms with van der Waals surface area (Å²) in [6, 6.07) is 4.08. The van der Waals surface area contributed by atoms with Gasteiger partial charge in [-0.1, -0.05) is 0 Å². The summed E-state index contributed by atoms with van der Waals surface area (Å²) in [6.45, 7) is 2.68. The SMILES string of the molecule is Cc1cc(F)ccc1OC1(C(=O)O)CCN(c2cnccn2)CC1. The quantitative estimate of drug-likeness (QED) is 0.927. The maximum atomic E-state index is 13.2. The van der Waals surface area contributed by atoms with Crippen molar-refractivity contribution < 1.29 is 19.0 Å². The van der Waals surface area contributed by atoms with Crippen LogP contribution in [0, 0.1) is 12.7 Å². The fourth-order valence-corrected chi connectivity index (χ4v) is 2.85. The van der Waals surface area contributed by atoms with Crippen LogP contribution in [0.2, 0.25) is 0 Å². The van der Waals surface area contributed by atoms with Crippen molar-refractivity contribution in [2.24, 2.45) is 0 Å². The predicted octanol–water partition coefficient (Wildman–Crippen LogP) is 2.43. The van der Waals surface area contributed by atoms with Gasteiger partial charge in [0, 0.05) is 38.3 Å². The van der Waals surface area contributed by atoms with Gasteiger partial charge in [-0.05, 0) is 30.7 Å². The number of ether oxygens (including phenoxy) is 1. The molecule has 3 rings (SSSR count). The van der Waals surface area contributed by atoms with E-state index < -0.39 is 11.6 Å². The van der Waals surface area contributed by atoms with Crippen molar-refractivity contribution in [1.29, 1.82) is 0 Å². The topological polar surface area (TPSA) is 75.6 Å². The molecular weight excluding hydrogens is 313 g/mol. The van der Waals surface area contributed by atoms with E-state index in [1.54, 1.807) is 25.5 Å². The smallest absolute Gasteiger partial charge is 0.348 e. The van der Waals surface area contributed by atoms with Gasteiger partial charge in [-0.3, -0.25) is 4.98 Å². The fourth-order valence-electron chi connectivity index (χ4n) is 2.85. The molecule has 1 N–H and O–H groups in total. The molecule has 1 aromatic carbocycles. The molecule has 7 heteroatoms. The zero-order chi connectivity index (χ0) is 17.2. The van der Waals surface area contributed by atoms with Gasteiger partial charge in [0.1, 0.15) is 17.4 Å². The van der Waals surface area contributed by atoms with Crippen molar-refractivity contribution in [2.75, 3.05) is 18.0 Å². The lowest BCUT2D eigenvalue weighted by molar-refractivity contribution is -0.157. The summed E-state index contributed by atoms with van der Waals surface area (Å²) in [5.74, 6) is -0.270. The number of hydrogen-bond donors (Lipinski definition) is 1. The molecule has 0 spiro atoms. The number of hydrogen-bond acceptors (Lipinski definition) is 5. The second kappa shape index (κ2) is 6.43. The Bertz CT molecular complexity index is 731. The van der Waals surface area contributed by atoms with Gasteiger partial charge in [0.15, 0.2) is 0 Å². The van der Waals surface area contributed by atoms with E-state index in [1.807, 2.05) is 4.90 Å². The Kier molecular flexibility index (Phi) is 4.33. The van der Waals surface area contributed by atoms with Crippen molar-refractivity contribution in [3.8, 4) is 5.75 Å². The van der Waals surface area contributed by atoms with E-state index in [0.717, 1.165) is 5.82 Å². The molecule has 1 saturated heterocycles. The van der Waals surface area contributed by atoms with Crippen LogP contribution in [-0.2, 0) is 4.79 Å². The van der Waals surface area contributed by atoms with E-state index in [0.29, 0.717) is 37.2 Å². The third-order valence-corrected chi connectivity index (χ3v) is 4.28. The third kappa shape index (κ3) is 3.15. The van der Waals surface area contributed by atoms with E-state index in [9.17, 15) is 14.3 Å². The van der Waals surface area contributed by atoms with Gasteiger partial charge in [0.05, 0.1) is 6.20 Å². The highest BCUT2D eigenvalue weighted by molar-refractivity contribution is 5.78. The first kappa shape index (κ1) is 16.2. The molecule has 1 aliphatic rings. The number of halogens is 1. The standard InChI is InChI=1S/C17H18FN3O3/c1-12-10-13(18)2-3-14(12)24-17(16(22)23)4-8-21(9-5-17)15-11-19-6-7-20-15/h2-3,6-7,10-11H,4-5,8-9H2,1H3,(H,22,23). The zero-order valence-corrected chi connectivity index (χ0v) is 13.3. The number of rotatable bonds is 4. The molecular formula is C17H18FN3O3. The lowest BCUT2D eigenvalue weighted by Gasteiger charge is -2.39. The molecule has 0 amide bonds. The van der Waals surface area contributed by atoms with E-state index >= 15 is 0 Å². The number of aryl methyl sites for hydroxylation is 1. The Hall–Kier alpha value is -2.70. The van der Waals surface area contributed by atoms with Crippen molar-refractivity contribution in [1.82, 2.24) is 9.97 Å². The highest BCUT2D eigenvalue weighted by Crippen LogP contribution is 2.32. The van der Waals surface area contributed by atoms with Crippen molar-refractivity contribution in [3.63, 3.8) is 0 Å². The van der Waals surface area contributed by atoms with Gasteiger partial charge >= 0.3 is 5.97 Å². The summed E-state index contributed by atoms with van der Waals surface area (Å²) >= 11 is 0. The van der Waals surface area contributed by atoms with Gasteiger partial charge in [-0.15, -0.1) is 0 Å². The first-order valence-electron chi connectivity index (χ1n) is 7.70. The molecule has 1 aromatic heterocycles. The molecule has 2 aromatic rings. The van der Waals surface area contributed by atoms with E-state index in [4.69, 9.17) is 4.74 Å². The Morgan fingerprint density at radius 1 is 1.33 bits per heavy atom. The van der Waals surface area contributed by atoms with Crippen molar-refractivity contribution >= 4 is 11.8 Å². The monoisotopic (exact) mass is 331 g/mol. The van der Waals surface area contributed by atoms with Gasteiger partial charge < -0.3 is 14.7 Å². The Morgan fingerprint density at radius 2 is 2.08 bits per heavy atom. The average molecular weight is 331 g/mol. The van der Waals surface area contributed by atoms with Crippen LogP contribution >= 0.6 is 0 Å². The largest absolute Gasteiger partial charge is 0.478 e. The predicted molar refractivity (Wildman–Crippen MR) is 85.6 cm³/mol. The van der Waals surface area contributed by atoms with E-state index in [1.165, 1.54) is 18.2 Å². The van der Waals surface area contributed by atoms with Crippen molar-refractivity contribution in [2.45, 2.75) is 25.4 Å². The number of aromatic nitrogens is 2. The zero-order valence-electron chi connectivity index (χ0n) is 13.3. The number of carboxylic acid groups (broad SMARTS) is 1. The van der Waals surface area contributed by atoms with Crippen LogP contribution in [0.25, 0.3) is 0 Å². The summed E-state index contributed by atoms with van der Waals surface area (Å²) in [5, 5.41) is 9.71. The number of benzene rings is 1. The molecule has 1 aliphatic heterocycles. The Labute approximate surface area is 138 Å². The number of anilines is 1. The summed E-state index contributed by atoms with van der Waals surface area (Å²) in [7, 11) is 0. The minimum Gasteiger partial charge on any atom is -0.478 e. The summed E-state index contributed by atoms with van der Waals surface area (Å²) in [5.41, 5.74) is -0.742. The first-order chi connectivity index (χ1) is 11.5. The lowest BCUT2D eigenvalue weighted by Crippen LogP contribution is -2.53. The number of carboxylic acids is 1. The second-order valence-electron chi connectivity index (χ2n) is 5.86. The normalized spacial score (nSPS) is 16.7. The summed E-state index contributed by atoms with van der Waals surface area (Å²) < 4.78 is 19.1. The van der Waals surface area contributed by atoms with Crippen LogP contribution in [0.3, 0.4) is 0 Å². The minimum absolute atomic E-state index is 0.301. The molecule has 0 bridgehead atoms. The van der Waals surface area contributed by atoms with E-state index in [-0.39, 0.29) is 5.82 Å². The fraction of sp³-hybridized carbons (Fsp3) is 0.353. The number of piperidine rings is 1. The summed E-state index contributed by atoms with van der Waals surface area (Å²) in [4.78, 5) is 22.1. The van der Waals surface area contributed by atoms with Crippen LogP contribution in [0.1, 0.15) is 18.4 Å². The number of carbonyl (C=O) groups is 1. The molecule has 6 nitrogen and oxygen atoms in total. The maximum absolute atomic E-state index is 13.2. The summed E-state index contributed by atoms with van der Waals surface area (Å²) in [6.07, 6.45) is 5.45. The van der Waals surface area contributed by atoms with Gasteiger partial charge in [-0.2, -0.15) is 0 Å². The van der Waals surface area contributed by atoms with Crippen molar-refractivity contribution in [3.05, 3.63) is 48.2 Å². The van der Waals surface area contributed by atoms with Crippen LogP contribution in [0.4, 0.5) is 10.2 Å². The van der Waals surface area contributed by atoms with E-state index in [2.05, 4.69) is 9.97 Å². The number of nitrogens with zero attached hydrogens (tertiary/aromatic N) is 3. The molecule has 0 saturated carbocycles. The second-order valence-corrected chi connectivity index (χ2v) is 5.86. The molecule has 0 unspecified atom stereocenters. The van der Waals surface area contributed by atoms with Gasteiger partial charge in [-0.25, -0.2) is 14.2 Å². The Balaban J connectivity index is 1.78. The highest BCUT2D eigenvalue weighted by atomic mass is 19.1. The highest BCUT2D eigenvalue weighted by Gasteiger charge is 2.44. The average Bonchev–Trinajstić information content (AvgIpc) is 2.59. The number of aliphatic carboxylic acids is 1. The lowest BCUT2D eigenvalue weighted by atomic mass is 9.91. The maximum Gasteiger partial charge on any atom is 0.348 e. The molecule has 1 fully saturated rings. The van der Waals surface area contributed by atoms with Crippen LogP contribution < -0.4 is 9.64 Å². The minimum atomic E-state index is -1.32. The molecule has 2 heterocycles. The van der Waals surface area contributed by atoms with Crippen LogP contribution in [0.5, 0.6) is 5.75 Å².